The molecule has 0 bridgehead atoms. The monoisotopic (exact) mass is 244 g/mol. The summed E-state index contributed by atoms with van der Waals surface area (Å²) in [5, 5.41) is 0. The summed E-state index contributed by atoms with van der Waals surface area (Å²) in [7, 11) is 1.82. The first-order valence-corrected chi connectivity index (χ1v) is 6.07. The van der Waals surface area contributed by atoms with Gasteiger partial charge in [0.25, 0.3) is 0 Å². The molecule has 2 aromatic rings. The van der Waals surface area contributed by atoms with E-state index in [1.54, 1.807) is 4.90 Å². The Kier molecular flexibility index (Phi) is 2.29. The van der Waals surface area contributed by atoms with Gasteiger partial charge in [0.1, 0.15) is 6.04 Å². The van der Waals surface area contributed by atoms with E-state index in [1.807, 2.05) is 36.7 Å². The van der Waals surface area contributed by atoms with E-state index in [0.29, 0.717) is 5.95 Å². The molecule has 0 saturated carbocycles. The molecule has 0 radical (unpaired) electrons. The summed E-state index contributed by atoms with van der Waals surface area (Å²) in [5.74, 6) is 0.539. The van der Waals surface area contributed by atoms with Gasteiger partial charge in [0, 0.05) is 13.6 Å². The van der Waals surface area contributed by atoms with Crippen molar-refractivity contribution in [2.45, 2.75) is 19.4 Å². The van der Waals surface area contributed by atoms with Crippen LogP contribution in [0, 0.1) is 6.92 Å². The van der Waals surface area contributed by atoms with E-state index >= 15 is 0 Å². The number of rotatable bonds is 1. The minimum absolute atomic E-state index is 0.115. The van der Waals surface area contributed by atoms with Crippen molar-refractivity contribution < 1.29 is 4.79 Å². The average Bonchev–Trinajstić information content (AvgIpc) is 2.82. The van der Waals surface area contributed by atoms with Crippen molar-refractivity contribution in [3.05, 3.63) is 23.8 Å². The Morgan fingerprint density at radius 1 is 1.44 bits per heavy atom. The Balaban J connectivity index is 2.23. The number of imidazole rings is 1. The molecule has 1 unspecified atom stereocenters. The molecule has 1 amide bonds. The van der Waals surface area contributed by atoms with Crippen LogP contribution in [0.4, 0.5) is 5.95 Å². The van der Waals surface area contributed by atoms with Crippen LogP contribution in [0.3, 0.4) is 0 Å². The van der Waals surface area contributed by atoms with E-state index in [4.69, 9.17) is 5.73 Å². The van der Waals surface area contributed by atoms with Crippen molar-refractivity contribution in [1.29, 1.82) is 0 Å². The van der Waals surface area contributed by atoms with Crippen LogP contribution in [0.5, 0.6) is 0 Å². The maximum atomic E-state index is 12.1. The Morgan fingerprint density at radius 2 is 2.22 bits per heavy atom. The fourth-order valence-corrected chi connectivity index (χ4v) is 2.70. The van der Waals surface area contributed by atoms with Gasteiger partial charge in [0.05, 0.1) is 11.0 Å². The van der Waals surface area contributed by atoms with E-state index in [-0.39, 0.29) is 11.9 Å². The summed E-state index contributed by atoms with van der Waals surface area (Å²) in [6.45, 7) is 2.79. The van der Waals surface area contributed by atoms with Crippen LogP contribution in [0.1, 0.15) is 18.0 Å². The summed E-state index contributed by atoms with van der Waals surface area (Å²) in [6.07, 6.45) is 0.791. The highest BCUT2D eigenvalue weighted by molar-refractivity contribution is 5.88. The maximum absolute atomic E-state index is 12.1. The van der Waals surface area contributed by atoms with Gasteiger partial charge in [-0.3, -0.25) is 9.36 Å². The molecule has 18 heavy (non-hydrogen) atoms. The topological polar surface area (TPSA) is 64.2 Å². The zero-order valence-electron chi connectivity index (χ0n) is 10.6. The number of benzene rings is 1. The summed E-state index contributed by atoms with van der Waals surface area (Å²) >= 11 is 0. The standard InChI is InChI=1S/C13H16N4O/c1-8-4-3-5-9-11(8)17(13(14)15-9)10-6-7-16(2)12(10)18/h3-5,10H,6-7H2,1-2H3,(H2,14,15). The van der Waals surface area contributed by atoms with Gasteiger partial charge < -0.3 is 10.6 Å². The van der Waals surface area contributed by atoms with Gasteiger partial charge in [-0.2, -0.15) is 0 Å². The smallest absolute Gasteiger partial charge is 0.245 e. The number of nitrogens with zero attached hydrogens (tertiary/aromatic N) is 3. The van der Waals surface area contributed by atoms with Gasteiger partial charge in [-0.15, -0.1) is 0 Å². The van der Waals surface area contributed by atoms with Crippen molar-refractivity contribution >= 4 is 22.9 Å². The molecule has 0 aliphatic carbocycles. The van der Waals surface area contributed by atoms with Crippen molar-refractivity contribution in [3.8, 4) is 0 Å². The number of aromatic nitrogens is 2. The second kappa shape index (κ2) is 3.73. The number of aryl methyl sites for hydroxylation is 1. The van der Waals surface area contributed by atoms with Crippen LogP contribution in [0.25, 0.3) is 11.0 Å². The van der Waals surface area contributed by atoms with E-state index in [0.717, 1.165) is 29.6 Å². The van der Waals surface area contributed by atoms with Crippen LogP contribution < -0.4 is 5.73 Å². The van der Waals surface area contributed by atoms with Crippen LogP contribution in [0.15, 0.2) is 18.2 Å². The molecule has 1 aromatic carbocycles. The first-order chi connectivity index (χ1) is 8.59. The van der Waals surface area contributed by atoms with Crippen LogP contribution >= 0.6 is 0 Å². The van der Waals surface area contributed by atoms with Gasteiger partial charge in [-0.1, -0.05) is 12.1 Å². The summed E-state index contributed by atoms with van der Waals surface area (Å²) in [4.78, 5) is 18.2. The average molecular weight is 244 g/mol. The number of carbonyl (C=O) groups excluding carboxylic acids is 1. The summed E-state index contributed by atoms with van der Waals surface area (Å²) in [6, 6.07) is 5.69. The lowest BCUT2D eigenvalue weighted by molar-refractivity contribution is -0.129. The number of fused-ring (bicyclic) bond motifs is 1. The first-order valence-electron chi connectivity index (χ1n) is 6.07. The first kappa shape index (κ1) is 11.1. The molecule has 1 aromatic heterocycles. The van der Waals surface area contributed by atoms with Crippen LogP contribution in [-0.4, -0.2) is 34.0 Å². The minimum Gasteiger partial charge on any atom is -0.369 e. The number of nitrogen functional groups attached to an aromatic ring is 1. The molecule has 1 fully saturated rings. The Morgan fingerprint density at radius 3 is 2.89 bits per heavy atom. The molecule has 1 saturated heterocycles. The van der Waals surface area contributed by atoms with Gasteiger partial charge in [-0.25, -0.2) is 4.98 Å². The van der Waals surface area contributed by atoms with Crippen molar-refractivity contribution in [3.63, 3.8) is 0 Å². The highest BCUT2D eigenvalue weighted by Gasteiger charge is 2.33. The molecular weight excluding hydrogens is 228 g/mol. The third-order valence-electron chi connectivity index (χ3n) is 3.65. The van der Waals surface area contributed by atoms with Crippen molar-refractivity contribution in [2.75, 3.05) is 19.3 Å². The highest BCUT2D eigenvalue weighted by Crippen LogP contribution is 2.31. The van der Waals surface area contributed by atoms with E-state index in [9.17, 15) is 4.79 Å². The summed E-state index contributed by atoms with van der Waals surface area (Å²) in [5.41, 5.74) is 8.92. The third-order valence-corrected chi connectivity index (χ3v) is 3.65. The number of carbonyl (C=O) groups is 1. The van der Waals surface area contributed by atoms with Crippen LogP contribution in [-0.2, 0) is 4.79 Å². The molecule has 1 aliphatic heterocycles. The maximum Gasteiger partial charge on any atom is 0.245 e. The Hall–Kier alpha value is -2.04. The molecular formula is C13H16N4O. The zero-order chi connectivity index (χ0) is 12.9. The number of nitrogens with two attached hydrogens (primary N) is 1. The SMILES string of the molecule is Cc1cccc2nc(N)n(C3CCN(C)C3=O)c12. The number of para-hydroxylation sites is 1. The van der Waals surface area contributed by atoms with Crippen LogP contribution in [0.2, 0.25) is 0 Å². The molecule has 2 N–H and O–H groups in total. The Bertz CT molecular complexity index is 631. The van der Waals surface area contributed by atoms with E-state index in [1.165, 1.54) is 0 Å². The highest BCUT2D eigenvalue weighted by atomic mass is 16.2. The van der Waals surface area contributed by atoms with Gasteiger partial charge >= 0.3 is 0 Å². The number of amides is 1. The lowest BCUT2D eigenvalue weighted by Gasteiger charge is -2.15. The van der Waals surface area contributed by atoms with Gasteiger partial charge in [0.2, 0.25) is 11.9 Å². The second-order valence-electron chi connectivity index (χ2n) is 4.85. The number of likely N-dealkylation sites (N-methyl/N-ethyl adjacent to an activating group) is 1. The number of likely N-dealkylation sites (tertiary alicyclic amines) is 1. The number of anilines is 1. The number of hydrogen-bond acceptors (Lipinski definition) is 3. The Labute approximate surface area is 105 Å². The molecule has 94 valence electrons. The molecule has 1 atom stereocenters. The minimum atomic E-state index is -0.207. The quantitative estimate of drug-likeness (QED) is 0.823. The number of hydrogen-bond donors (Lipinski definition) is 1. The molecule has 5 nitrogen and oxygen atoms in total. The molecule has 0 spiro atoms. The predicted octanol–water partition coefficient (Wildman–Crippen LogP) is 1.33. The lowest BCUT2D eigenvalue weighted by atomic mass is 10.1. The van der Waals surface area contributed by atoms with Gasteiger partial charge in [-0.05, 0) is 25.0 Å². The molecule has 1 aliphatic rings. The molecule has 2 heterocycles. The lowest BCUT2D eigenvalue weighted by Crippen LogP contribution is -2.25. The van der Waals surface area contributed by atoms with E-state index in [2.05, 4.69) is 4.98 Å². The third kappa shape index (κ3) is 1.40. The molecule has 5 heteroatoms. The fraction of sp³-hybridized carbons (Fsp3) is 0.385. The second-order valence-corrected chi connectivity index (χ2v) is 4.85. The van der Waals surface area contributed by atoms with E-state index < -0.39 is 0 Å². The molecule has 3 rings (SSSR count). The van der Waals surface area contributed by atoms with Gasteiger partial charge in [0.15, 0.2) is 0 Å². The fourth-order valence-electron chi connectivity index (χ4n) is 2.70. The normalized spacial score (nSPS) is 20.0. The largest absolute Gasteiger partial charge is 0.369 e. The van der Waals surface area contributed by atoms with Crippen molar-refractivity contribution in [2.24, 2.45) is 0 Å². The predicted molar refractivity (Wildman–Crippen MR) is 70.2 cm³/mol. The zero-order valence-corrected chi connectivity index (χ0v) is 10.6. The summed E-state index contributed by atoms with van der Waals surface area (Å²) < 4.78 is 1.89. The van der Waals surface area contributed by atoms with Crippen molar-refractivity contribution in [1.82, 2.24) is 14.5 Å².